The molecule has 10 heteroatoms. The monoisotopic (exact) mass is 341 g/mol. The molecule has 0 atom stereocenters. The molecule has 3 rings (SSSR count). The van der Waals surface area contributed by atoms with Crippen LogP contribution in [0.4, 0.5) is 11.6 Å². The van der Waals surface area contributed by atoms with Crippen LogP contribution in [0.15, 0.2) is 45.9 Å². The lowest BCUT2D eigenvalue weighted by Crippen LogP contribution is -2.14. The number of aromatic nitrogens is 3. The standard InChI is InChI=1S/C15H15N7O3/c1-2-14-18-20-15(21(14)16)19-17-9-12-7-8-13(25-12)10-3-5-11(6-4-10)22(23)24/h3-9H,2,16H2,1H3,(H,19,20). The molecule has 3 aromatic rings. The van der Waals surface area contributed by atoms with Crippen molar-refractivity contribution in [3.63, 3.8) is 0 Å². The minimum absolute atomic E-state index is 0.0265. The number of nitrogens with one attached hydrogen (secondary N) is 1. The number of aryl methyl sites for hydroxylation is 1. The van der Waals surface area contributed by atoms with E-state index in [2.05, 4.69) is 20.7 Å². The van der Waals surface area contributed by atoms with Gasteiger partial charge in [-0.1, -0.05) is 6.92 Å². The summed E-state index contributed by atoms with van der Waals surface area (Å²) < 4.78 is 6.95. The molecule has 1 aromatic carbocycles. The summed E-state index contributed by atoms with van der Waals surface area (Å²) in [6, 6.07) is 9.58. The zero-order valence-corrected chi connectivity index (χ0v) is 13.3. The second-order valence-electron chi connectivity index (χ2n) is 5.04. The Balaban J connectivity index is 1.68. The molecule has 2 heterocycles. The number of nitro groups is 1. The van der Waals surface area contributed by atoms with Gasteiger partial charge in [0.05, 0.1) is 11.1 Å². The van der Waals surface area contributed by atoms with Crippen molar-refractivity contribution >= 4 is 17.9 Å². The summed E-state index contributed by atoms with van der Waals surface area (Å²) in [6.45, 7) is 1.92. The van der Waals surface area contributed by atoms with Gasteiger partial charge >= 0.3 is 0 Å². The van der Waals surface area contributed by atoms with Crippen molar-refractivity contribution in [2.75, 3.05) is 11.3 Å². The van der Waals surface area contributed by atoms with Gasteiger partial charge in [0.15, 0.2) is 5.82 Å². The molecule has 0 saturated carbocycles. The average Bonchev–Trinajstić information content (AvgIpc) is 3.22. The smallest absolute Gasteiger partial charge is 0.269 e. The summed E-state index contributed by atoms with van der Waals surface area (Å²) in [5.41, 5.74) is 3.44. The molecule has 0 bridgehead atoms. The van der Waals surface area contributed by atoms with Crippen LogP contribution >= 0.6 is 0 Å². The molecule has 0 radical (unpaired) electrons. The Kier molecular flexibility index (Phi) is 4.42. The summed E-state index contributed by atoms with van der Waals surface area (Å²) in [4.78, 5) is 10.2. The van der Waals surface area contributed by atoms with Gasteiger partial charge in [-0.05, 0) is 24.3 Å². The number of hydrogen-bond acceptors (Lipinski definition) is 8. The van der Waals surface area contributed by atoms with Crippen LogP contribution in [-0.2, 0) is 6.42 Å². The first-order chi connectivity index (χ1) is 12.1. The van der Waals surface area contributed by atoms with E-state index in [0.717, 1.165) is 5.56 Å². The number of furan rings is 1. The lowest BCUT2D eigenvalue weighted by molar-refractivity contribution is -0.384. The molecule has 0 amide bonds. The third-order valence-corrected chi connectivity index (χ3v) is 3.43. The van der Waals surface area contributed by atoms with Gasteiger partial charge in [0.25, 0.3) is 11.6 Å². The molecule has 0 spiro atoms. The Hall–Kier alpha value is -3.69. The van der Waals surface area contributed by atoms with Gasteiger partial charge in [-0.2, -0.15) is 5.10 Å². The van der Waals surface area contributed by atoms with Crippen molar-refractivity contribution < 1.29 is 9.34 Å². The Morgan fingerprint density at radius 2 is 2.08 bits per heavy atom. The fourth-order valence-corrected chi connectivity index (χ4v) is 2.12. The summed E-state index contributed by atoms with van der Waals surface area (Å²) in [7, 11) is 0. The van der Waals surface area contributed by atoms with Crippen LogP contribution in [0.2, 0.25) is 0 Å². The molecule has 25 heavy (non-hydrogen) atoms. The maximum absolute atomic E-state index is 10.7. The maximum atomic E-state index is 10.7. The lowest BCUT2D eigenvalue weighted by Gasteiger charge is -2.00. The first-order valence-corrected chi connectivity index (χ1v) is 7.41. The van der Waals surface area contributed by atoms with E-state index in [9.17, 15) is 10.1 Å². The largest absolute Gasteiger partial charge is 0.455 e. The number of nitro benzene ring substituents is 1. The van der Waals surface area contributed by atoms with Crippen LogP contribution < -0.4 is 11.3 Å². The molecule has 2 aromatic heterocycles. The van der Waals surface area contributed by atoms with E-state index in [1.165, 1.54) is 23.0 Å². The molecule has 128 valence electrons. The van der Waals surface area contributed by atoms with Crippen LogP contribution in [0.3, 0.4) is 0 Å². The molecule has 0 saturated heterocycles. The van der Waals surface area contributed by atoms with Crippen molar-refractivity contribution in [2.45, 2.75) is 13.3 Å². The number of nitrogen functional groups attached to an aromatic ring is 1. The van der Waals surface area contributed by atoms with Gasteiger partial charge in [0.1, 0.15) is 11.5 Å². The van der Waals surface area contributed by atoms with Crippen LogP contribution in [0.25, 0.3) is 11.3 Å². The van der Waals surface area contributed by atoms with Crippen LogP contribution in [0.5, 0.6) is 0 Å². The number of nitrogens with zero attached hydrogens (tertiary/aromatic N) is 5. The Bertz CT molecular complexity index is 912. The molecule has 0 unspecified atom stereocenters. The van der Waals surface area contributed by atoms with E-state index >= 15 is 0 Å². The summed E-state index contributed by atoms with van der Waals surface area (Å²) in [5.74, 6) is 7.82. The zero-order valence-electron chi connectivity index (χ0n) is 13.3. The first kappa shape index (κ1) is 16.2. The van der Waals surface area contributed by atoms with Gasteiger partial charge in [-0.15, -0.1) is 10.2 Å². The molecule has 10 nitrogen and oxygen atoms in total. The number of rotatable bonds is 6. The van der Waals surface area contributed by atoms with Crippen LogP contribution in [-0.4, -0.2) is 26.0 Å². The SMILES string of the molecule is CCc1nnc(NN=Cc2ccc(-c3ccc([N+](=O)[O-])cc3)o2)n1N. The number of non-ortho nitro benzene ring substituents is 1. The fraction of sp³-hybridized carbons (Fsp3) is 0.133. The van der Waals surface area contributed by atoms with E-state index < -0.39 is 4.92 Å². The quantitative estimate of drug-likeness (QED) is 0.303. The zero-order chi connectivity index (χ0) is 17.8. The van der Waals surface area contributed by atoms with Gasteiger partial charge in [-0.3, -0.25) is 10.1 Å². The van der Waals surface area contributed by atoms with Gasteiger partial charge < -0.3 is 10.3 Å². The highest BCUT2D eigenvalue weighted by molar-refractivity contribution is 5.78. The normalized spacial score (nSPS) is 11.1. The van der Waals surface area contributed by atoms with E-state index in [1.54, 1.807) is 24.3 Å². The highest BCUT2D eigenvalue weighted by Crippen LogP contribution is 2.24. The van der Waals surface area contributed by atoms with Gasteiger partial charge in [0.2, 0.25) is 0 Å². The predicted molar refractivity (Wildman–Crippen MR) is 91.6 cm³/mol. The lowest BCUT2D eigenvalue weighted by atomic mass is 10.1. The molecule has 3 N–H and O–H groups in total. The number of hydrazone groups is 1. The second-order valence-corrected chi connectivity index (χ2v) is 5.04. The fourth-order valence-electron chi connectivity index (χ4n) is 2.12. The molecular formula is C15H15N7O3. The summed E-state index contributed by atoms with van der Waals surface area (Å²) in [5, 5.41) is 22.4. The molecule has 0 fully saturated rings. The highest BCUT2D eigenvalue weighted by atomic mass is 16.6. The number of hydrogen-bond donors (Lipinski definition) is 2. The molecule has 0 aliphatic rings. The molecular weight excluding hydrogens is 326 g/mol. The number of nitrogens with two attached hydrogens (primary N) is 1. The van der Waals surface area contributed by atoms with E-state index in [4.69, 9.17) is 10.3 Å². The van der Waals surface area contributed by atoms with E-state index in [-0.39, 0.29) is 5.69 Å². The molecule has 0 aliphatic heterocycles. The van der Waals surface area contributed by atoms with Crippen molar-refractivity contribution in [3.05, 3.63) is 58.1 Å². The highest BCUT2D eigenvalue weighted by Gasteiger charge is 2.08. The van der Waals surface area contributed by atoms with Crippen LogP contribution in [0.1, 0.15) is 18.5 Å². The minimum atomic E-state index is -0.449. The van der Waals surface area contributed by atoms with Crippen LogP contribution in [0, 0.1) is 10.1 Å². The van der Waals surface area contributed by atoms with E-state index in [1.807, 2.05) is 6.92 Å². The first-order valence-electron chi connectivity index (χ1n) is 7.41. The Morgan fingerprint density at radius 1 is 1.32 bits per heavy atom. The second kappa shape index (κ2) is 6.83. The van der Waals surface area contributed by atoms with Crippen molar-refractivity contribution in [3.8, 4) is 11.3 Å². The predicted octanol–water partition coefficient (Wildman–Crippen LogP) is 2.17. The van der Waals surface area contributed by atoms with Crippen molar-refractivity contribution in [1.82, 2.24) is 14.9 Å². The summed E-state index contributed by atoms with van der Waals surface area (Å²) >= 11 is 0. The Morgan fingerprint density at radius 3 is 2.72 bits per heavy atom. The van der Waals surface area contributed by atoms with Crippen molar-refractivity contribution in [2.24, 2.45) is 5.10 Å². The van der Waals surface area contributed by atoms with Gasteiger partial charge in [-0.25, -0.2) is 10.1 Å². The number of benzene rings is 1. The third-order valence-electron chi connectivity index (χ3n) is 3.43. The minimum Gasteiger partial charge on any atom is -0.455 e. The Labute approximate surface area is 142 Å². The van der Waals surface area contributed by atoms with E-state index in [0.29, 0.717) is 29.7 Å². The van der Waals surface area contributed by atoms with Gasteiger partial charge in [0, 0.05) is 24.1 Å². The third kappa shape index (κ3) is 3.47. The molecule has 0 aliphatic carbocycles. The topological polar surface area (TPSA) is 137 Å². The van der Waals surface area contributed by atoms with Crippen molar-refractivity contribution in [1.29, 1.82) is 0 Å². The maximum Gasteiger partial charge on any atom is 0.269 e. The summed E-state index contributed by atoms with van der Waals surface area (Å²) in [6.07, 6.45) is 2.13. The number of anilines is 1. The average molecular weight is 341 g/mol.